The van der Waals surface area contributed by atoms with Gasteiger partial charge in [0.1, 0.15) is 0 Å². The number of carbonyl (C=O) groups is 1. The number of rotatable bonds is 7. The van der Waals surface area contributed by atoms with Crippen molar-refractivity contribution in [2.75, 3.05) is 11.4 Å². The van der Waals surface area contributed by atoms with Crippen LogP contribution in [0, 0.1) is 32.1 Å². The molecule has 0 radical (unpaired) electrons. The van der Waals surface area contributed by atoms with Crippen molar-refractivity contribution < 1.29 is 4.79 Å². The lowest BCUT2D eigenvalue weighted by molar-refractivity contribution is -0.117. The molecule has 0 fully saturated rings. The van der Waals surface area contributed by atoms with Crippen LogP contribution in [-0.2, 0) is 4.79 Å². The van der Waals surface area contributed by atoms with Gasteiger partial charge in [-0.15, -0.1) is 5.10 Å². The number of tetrazole rings is 1. The number of nitrogens with zero attached hydrogens (tertiary/aromatic N) is 6. The van der Waals surface area contributed by atoms with Crippen molar-refractivity contribution in [3.63, 3.8) is 0 Å². The Morgan fingerprint density at radius 3 is 2.63 bits per heavy atom. The highest BCUT2D eigenvalue weighted by molar-refractivity contribution is 8.00. The summed E-state index contributed by atoms with van der Waals surface area (Å²) in [5.41, 5.74) is 5.01. The summed E-state index contributed by atoms with van der Waals surface area (Å²) >= 11 is 1.31. The Kier molecular flexibility index (Phi) is 6.85. The quantitative estimate of drug-likeness (QED) is 0.537. The molecule has 1 aromatic heterocycles. The molecule has 2 aromatic carbocycles. The summed E-state index contributed by atoms with van der Waals surface area (Å²) in [5, 5.41) is 21.2. The van der Waals surface area contributed by atoms with Crippen molar-refractivity contribution in [3.8, 4) is 11.8 Å². The number of thioether (sulfide) groups is 1. The lowest BCUT2D eigenvalue weighted by Crippen LogP contribution is -2.37. The van der Waals surface area contributed by atoms with Gasteiger partial charge in [-0.1, -0.05) is 41.6 Å². The van der Waals surface area contributed by atoms with Crippen molar-refractivity contribution in [2.24, 2.45) is 0 Å². The molecule has 30 heavy (non-hydrogen) atoms. The molecule has 3 aromatic rings. The molecule has 0 bridgehead atoms. The molecule has 8 heteroatoms. The maximum atomic E-state index is 13.2. The van der Waals surface area contributed by atoms with Crippen LogP contribution < -0.4 is 4.90 Å². The molecule has 3 rings (SSSR count). The Bertz CT molecular complexity index is 1070. The van der Waals surface area contributed by atoms with E-state index in [4.69, 9.17) is 5.26 Å². The number of anilines is 1. The average molecular weight is 421 g/mol. The number of nitriles is 1. The normalized spacial score (nSPS) is 11.7. The van der Waals surface area contributed by atoms with Crippen molar-refractivity contribution in [3.05, 3.63) is 59.2 Å². The van der Waals surface area contributed by atoms with Gasteiger partial charge in [0.25, 0.3) is 0 Å². The van der Waals surface area contributed by atoms with E-state index in [0.29, 0.717) is 11.7 Å². The lowest BCUT2D eigenvalue weighted by Gasteiger charge is -2.25. The second kappa shape index (κ2) is 9.55. The van der Waals surface area contributed by atoms with Crippen LogP contribution in [0.2, 0.25) is 0 Å². The number of hydrogen-bond donors (Lipinski definition) is 0. The van der Waals surface area contributed by atoms with Crippen LogP contribution in [0.1, 0.15) is 30.0 Å². The van der Waals surface area contributed by atoms with E-state index in [9.17, 15) is 4.79 Å². The fourth-order valence-corrected chi connectivity index (χ4v) is 3.91. The van der Waals surface area contributed by atoms with Gasteiger partial charge in [0, 0.05) is 12.2 Å². The van der Waals surface area contributed by atoms with E-state index in [-0.39, 0.29) is 12.3 Å². The smallest absolute Gasteiger partial charge is 0.240 e. The molecule has 0 aliphatic rings. The van der Waals surface area contributed by atoms with Crippen molar-refractivity contribution in [2.45, 2.75) is 44.5 Å². The number of carbonyl (C=O) groups excluding carboxylic acids is 1. The molecular formula is C22H24N6OS. The highest BCUT2D eigenvalue weighted by Gasteiger charge is 2.25. The van der Waals surface area contributed by atoms with E-state index >= 15 is 0 Å². The molecule has 7 nitrogen and oxygen atoms in total. The molecule has 1 atom stereocenters. The molecular weight excluding hydrogens is 396 g/mol. The Hall–Kier alpha value is -3.18. The summed E-state index contributed by atoms with van der Waals surface area (Å²) < 4.78 is 1.67. The van der Waals surface area contributed by atoms with Gasteiger partial charge in [-0.3, -0.25) is 4.79 Å². The van der Waals surface area contributed by atoms with E-state index in [1.54, 1.807) is 9.58 Å². The van der Waals surface area contributed by atoms with Crippen LogP contribution in [0.5, 0.6) is 0 Å². The summed E-state index contributed by atoms with van der Waals surface area (Å²) in [4.78, 5) is 14.9. The standard InChI is InChI=1S/C22H24N6OS/c1-15-9-11-19(12-10-15)27(14-6-13-23)21(29)18(4)30-22-24-25-26-28(22)20-8-5-7-16(2)17(20)3/h5,7-12,18H,6,14H2,1-4H3. The molecule has 1 unspecified atom stereocenters. The van der Waals surface area contributed by atoms with Crippen LogP contribution in [0.3, 0.4) is 0 Å². The molecule has 0 spiro atoms. The Morgan fingerprint density at radius 1 is 1.20 bits per heavy atom. The number of benzene rings is 2. The average Bonchev–Trinajstić information content (AvgIpc) is 3.19. The van der Waals surface area contributed by atoms with E-state index in [0.717, 1.165) is 28.1 Å². The molecule has 0 aliphatic carbocycles. The number of aromatic nitrogens is 4. The zero-order valence-electron chi connectivity index (χ0n) is 17.5. The second-order valence-corrected chi connectivity index (χ2v) is 8.39. The van der Waals surface area contributed by atoms with E-state index in [1.165, 1.54) is 11.8 Å². The third-order valence-corrected chi connectivity index (χ3v) is 5.95. The first-order chi connectivity index (χ1) is 14.4. The highest BCUT2D eigenvalue weighted by Crippen LogP contribution is 2.28. The van der Waals surface area contributed by atoms with Crippen LogP contribution >= 0.6 is 11.8 Å². The first kappa shape index (κ1) is 21.5. The first-order valence-corrected chi connectivity index (χ1v) is 10.6. The molecule has 154 valence electrons. The molecule has 0 N–H and O–H groups in total. The minimum absolute atomic E-state index is 0.0883. The van der Waals surface area contributed by atoms with Crippen molar-refractivity contribution in [1.82, 2.24) is 20.2 Å². The largest absolute Gasteiger partial charge is 0.310 e. The monoisotopic (exact) mass is 420 g/mol. The molecule has 0 saturated heterocycles. The fourth-order valence-electron chi connectivity index (χ4n) is 3.05. The SMILES string of the molecule is Cc1ccc(N(CCC#N)C(=O)C(C)Sc2nnnn2-c2cccc(C)c2C)cc1. The Labute approximate surface area is 180 Å². The zero-order chi connectivity index (χ0) is 21.7. The topological polar surface area (TPSA) is 87.7 Å². The first-order valence-electron chi connectivity index (χ1n) is 9.69. The molecule has 0 aliphatic heterocycles. The lowest BCUT2D eigenvalue weighted by atomic mass is 10.1. The minimum atomic E-state index is -0.431. The van der Waals surface area contributed by atoms with Crippen molar-refractivity contribution >= 4 is 23.4 Å². The Balaban J connectivity index is 1.84. The summed E-state index contributed by atoms with van der Waals surface area (Å²) in [7, 11) is 0. The van der Waals surface area contributed by atoms with Crippen LogP contribution in [0.4, 0.5) is 5.69 Å². The van der Waals surface area contributed by atoms with Gasteiger partial charge in [0.2, 0.25) is 11.1 Å². The number of amides is 1. The van der Waals surface area contributed by atoms with Gasteiger partial charge in [0.15, 0.2) is 0 Å². The summed E-state index contributed by atoms with van der Waals surface area (Å²) in [5.74, 6) is -0.0883. The minimum Gasteiger partial charge on any atom is -0.310 e. The predicted octanol–water partition coefficient (Wildman–Crippen LogP) is 4.02. The maximum absolute atomic E-state index is 13.2. The van der Waals surface area contributed by atoms with Crippen LogP contribution in [0.25, 0.3) is 5.69 Å². The fraction of sp³-hybridized carbons (Fsp3) is 0.318. The van der Waals surface area contributed by atoms with Gasteiger partial charge < -0.3 is 4.90 Å². The maximum Gasteiger partial charge on any atom is 0.240 e. The van der Waals surface area contributed by atoms with Gasteiger partial charge in [-0.25, -0.2) is 0 Å². The van der Waals surface area contributed by atoms with Gasteiger partial charge in [0.05, 0.1) is 23.4 Å². The number of aryl methyl sites for hydroxylation is 2. The Morgan fingerprint density at radius 2 is 1.93 bits per heavy atom. The van der Waals surface area contributed by atoms with E-state index < -0.39 is 5.25 Å². The summed E-state index contributed by atoms with van der Waals surface area (Å²) in [6.07, 6.45) is 0.261. The second-order valence-electron chi connectivity index (χ2n) is 7.09. The van der Waals surface area contributed by atoms with Crippen LogP contribution in [-0.4, -0.2) is 37.9 Å². The summed E-state index contributed by atoms with van der Waals surface area (Å²) in [6, 6.07) is 15.8. The number of hydrogen-bond acceptors (Lipinski definition) is 6. The van der Waals surface area contributed by atoms with E-state index in [1.807, 2.05) is 70.2 Å². The third-order valence-electron chi connectivity index (χ3n) is 4.93. The van der Waals surface area contributed by atoms with Gasteiger partial charge >= 0.3 is 0 Å². The van der Waals surface area contributed by atoms with Crippen molar-refractivity contribution in [1.29, 1.82) is 5.26 Å². The predicted molar refractivity (Wildman–Crippen MR) is 118 cm³/mol. The van der Waals surface area contributed by atoms with Crippen LogP contribution in [0.15, 0.2) is 47.6 Å². The van der Waals surface area contributed by atoms with Gasteiger partial charge in [-0.2, -0.15) is 9.94 Å². The van der Waals surface area contributed by atoms with E-state index in [2.05, 4.69) is 21.6 Å². The third kappa shape index (κ3) is 4.69. The van der Waals surface area contributed by atoms with Gasteiger partial charge in [-0.05, 0) is 67.4 Å². The molecule has 1 amide bonds. The zero-order valence-corrected chi connectivity index (χ0v) is 18.3. The molecule has 0 saturated carbocycles. The highest BCUT2D eigenvalue weighted by atomic mass is 32.2. The summed E-state index contributed by atoms with van der Waals surface area (Å²) in [6.45, 7) is 8.23. The molecule has 1 heterocycles.